The standard InChI is InChI=1S/C25H25F4N5O/c1-15-11-18(22(19(26)12-15)23-30-8-4-9-31-23)24(35)34-10-3-5-16(2)20(34)14-33-21-7-6-17(13-32-21)25(27,28)29/h4,6-9,11-13,16,20H,3,5,10,14H2,1-2H3,(H,32,33)/t16-,20?/m1/s1. The first-order valence-electron chi connectivity index (χ1n) is 11.3. The lowest BCUT2D eigenvalue weighted by Crippen LogP contribution is -2.51. The molecule has 2 atom stereocenters. The molecule has 184 valence electrons. The Labute approximate surface area is 200 Å². The normalized spacial score (nSPS) is 18.4. The van der Waals surface area contributed by atoms with Crippen LogP contribution in [0.15, 0.2) is 48.9 Å². The van der Waals surface area contributed by atoms with Gasteiger partial charge in [0.25, 0.3) is 5.91 Å². The molecule has 6 nitrogen and oxygen atoms in total. The lowest BCUT2D eigenvalue weighted by Gasteiger charge is -2.40. The highest BCUT2D eigenvalue weighted by Crippen LogP contribution is 2.31. The highest BCUT2D eigenvalue weighted by Gasteiger charge is 2.35. The number of pyridine rings is 1. The number of aryl methyl sites for hydroxylation is 1. The Morgan fingerprint density at radius 2 is 1.91 bits per heavy atom. The van der Waals surface area contributed by atoms with Crippen LogP contribution in [0.25, 0.3) is 11.4 Å². The third kappa shape index (κ3) is 5.41. The highest BCUT2D eigenvalue weighted by atomic mass is 19.4. The number of anilines is 1. The van der Waals surface area contributed by atoms with Gasteiger partial charge in [-0.25, -0.2) is 19.3 Å². The Balaban J connectivity index is 1.60. The van der Waals surface area contributed by atoms with Crippen LogP contribution < -0.4 is 5.32 Å². The van der Waals surface area contributed by atoms with Crippen LogP contribution in [0.1, 0.15) is 41.3 Å². The second kappa shape index (κ2) is 9.97. The van der Waals surface area contributed by atoms with E-state index in [4.69, 9.17) is 0 Å². The van der Waals surface area contributed by atoms with Gasteiger partial charge in [-0.2, -0.15) is 13.2 Å². The number of carbonyl (C=O) groups is 1. The van der Waals surface area contributed by atoms with E-state index in [-0.39, 0.29) is 47.2 Å². The number of halogens is 4. The largest absolute Gasteiger partial charge is 0.417 e. The van der Waals surface area contributed by atoms with Gasteiger partial charge in [0.15, 0.2) is 5.82 Å². The van der Waals surface area contributed by atoms with Crippen LogP contribution in [0, 0.1) is 18.7 Å². The van der Waals surface area contributed by atoms with Crippen molar-refractivity contribution in [2.24, 2.45) is 5.92 Å². The van der Waals surface area contributed by atoms with Crippen LogP contribution in [0.3, 0.4) is 0 Å². The zero-order valence-electron chi connectivity index (χ0n) is 19.3. The van der Waals surface area contributed by atoms with Gasteiger partial charge < -0.3 is 10.2 Å². The minimum atomic E-state index is -4.46. The van der Waals surface area contributed by atoms with Crippen molar-refractivity contribution < 1.29 is 22.4 Å². The van der Waals surface area contributed by atoms with Gasteiger partial charge in [0.1, 0.15) is 11.6 Å². The molecule has 3 aromatic rings. The van der Waals surface area contributed by atoms with Gasteiger partial charge in [0, 0.05) is 31.7 Å². The molecule has 1 aliphatic rings. The second-order valence-corrected chi connectivity index (χ2v) is 8.74. The zero-order chi connectivity index (χ0) is 25.2. The molecular weight excluding hydrogens is 462 g/mol. The molecule has 1 saturated heterocycles. The summed E-state index contributed by atoms with van der Waals surface area (Å²) in [5, 5.41) is 3.06. The maximum atomic E-state index is 15.0. The van der Waals surface area contributed by atoms with Crippen LogP contribution in [0.2, 0.25) is 0 Å². The molecule has 0 bridgehead atoms. The number of likely N-dealkylation sites (tertiary alicyclic amines) is 1. The van der Waals surface area contributed by atoms with Crippen LogP contribution in [-0.2, 0) is 6.18 Å². The summed E-state index contributed by atoms with van der Waals surface area (Å²) in [5.74, 6) is -0.395. The zero-order valence-corrected chi connectivity index (χ0v) is 19.3. The van der Waals surface area contributed by atoms with Crippen LogP contribution in [0.5, 0.6) is 0 Å². The Hall–Kier alpha value is -3.56. The van der Waals surface area contributed by atoms with Gasteiger partial charge in [0.05, 0.1) is 22.7 Å². The molecule has 0 spiro atoms. The number of benzene rings is 1. The summed E-state index contributed by atoms with van der Waals surface area (Å²) in [6.45, 7) is 4.49. The minimum absolute atomic E-state index is 0.0514. The van der Waals surface area contributed by atoms with Gasteiger partial charge in [-0.1, -0.05) is 6.92 Å². The van der Waals surface area contributed by atoms with Crippen molar-refractivity contribution in [2.45, 2.75) is 38.9 Å². The van der Waals surface area contributed by atoms with E-state index in [1.165, 1.54) is 24.5 Å². The topological polar surface area (TPSA) is 71.0 Å². The number of piperidine rings is 1. The highest BCUT2D eigenvalue weighted by molar-refractivity contribution is 6.00. The Kier molecular flexibility index (Phi) is 7.00. The first kappa shape index (κ1) is 24.6. The van der Waals surface area contributed by atoms with E-state index in [0.29, 0.717) is 12.1 Å². The lowest BCUT2D eigenvalue weighted by molar-refractivity contribution is -0.137. The van der Waals surface area contributed by atoms with Gasteiger partial charge in [-0.3, -0.25) is 4.79 Å². The monoisotopic (exact) mass is 487 g/mol. The van der Waals surface area contributed by atoms with Crippen molar-refractivity contribution in [1.82, 2.24) is 19.9 Å². The van der Waals surface area contributed by atoms with Crippen molar-refractivity contribution in [3.63, 3.8) is 0 Å². The van der Waals surface area contributed by atoms with Crippen molar-refractivity contribution in [3.05, 3.63) is 71.4 Å². The van der Waals surface area contributed by atoms with Crippen LogP contribution in [-0.4, -0.2) is 44.9 Å². The third-order valence-corrected chi connectivity index (χ3v) is 6.21. The fraction of sp³-hybridized carbons (Fsp3) is 0.360. The molecule has 1 aromatic carbocycles. The molecule has 1 amide bonds. The molecule has 4 rings (SSSR count). The number of hydrogen-bond acceptors (Lipinski definition) is 5. The fourth-order valence-electron chi connectivity index (χ4n) is 4.41. The maximum Gasteiger partial charge on any atom is 0.417 e. The van der Waals surface area contributed by atoms with Gasteiger partial charge in [-0.05, 0) is 61.6 Å². The van der Waals surface area contributed by atoms with Crippen molar-refractivity contribution >= 4 is 11.7 Å². The average molecular weight is 488 g/mol. The maximum absolute atomic E-state index is 15.0. The van der Waals surface area contributed by atoms with E-state index in [1.807, 2.05) is 6.92 Å². The summed E-state index contributed by atoms with van der Waals surface area (Å²) in [5.41, 5.74) is -0.00163. The summed E-state index contributed by atoms with van der Waals surface area (Å²) in [6.07, 6.45) is 0.958. The Bertz CT molecular complexity index is 1180. The quantitative estimate of drug-likeness (QED) is 0.491. The summed E-state index contributed by atoms with van der Waals surface area (Å²) < 4.78 is 53.5. The lowest BCUT2D eigenvalue weighted by atomic mass is 9.89. The van der Waals surface area contributed by atoms with Gasteiger partial charge in [-0.15, -0.1) is 0 Å². The van der Waals surface area contributed by atoms with Crippen molar-refractivity contribution in [2.75, 3.05) is 18.4 Å². The van der Waals surface area contributed by atoms with E-state index in [0.717, 1.165) is 25.1 Å². The third-order valence-electron chi connectivity index (χ3n) is 6.21. The number of carbonyl (C=O) groups excluding carboxylic acids is 1. The van der Waals surface area contributed by atoms with Gasteiger partial charge in [0.2, 0.25) is 0 Å². The van der Waals surface area contributed by atoms with Crippen LogP contribution >= 0.6 is 0 Å². The molecule has 1 aliphatic heterocycles. The molecule has 10 heteroatoms. The number of aromatic nitrogens is 3. The summed E-state index contributed by atoms with van der Waals surface area (Å²) in [4.78, 5) is 27.6. The van der Waals surface area contributed by atoms with Crippen molar-refractivity contribution in [1.29, 1.82) is 0 Å². The number of rotatable bonds is 5. The Morgan fingerprint density at radius 3 is 2.57 bits per heavy atom. The second-order valence-electron chi connectivity index (χ2n) is 8.74. The average Bonchev–Trinajstić information content (AvgIpc) is 2.82. The number of alkyl halides is 3. The molecular formula is C25H25F4N5O. The molecule has 3 heterocycles. The molecule has 35 heavy (non-hydrogen) atoms. The molecule has 2 aromatic heterocycles. The molecule has 1 unspecified atom stereocenters. The molecule has 0 radical (unpaired) electrons. The first-order valence-corrected chi connectivity index (χ1v) is 11.3. The summed E-state index contributed by atoms with van der Waals surface area (Å²) >= 11 is 0. The number of nitrogens with one attached hydrogen (secondary N) is 1. The smallest absolute Gasteiger partial charge is 0.368 e. The molecule has 1 fully saturated rings. The molecule has 0 saturated carbocycles. The number of amides is 1. The van der Waals surface area contributed by atoms with E-state index < -0.39 is 17.6 Å². The van der Waals surface area contributed by atoms with Crippen LogP contribution in [0.4, 0.5) is 23.4 Å². The first-order chi connectivity index (χ1) is 16.6. The minimum Gasteiger partial charge on any atom is -0.368 e. The SMILES string of the molecule is Cc1cc(F)c(-c2ncccn2)c(C(=O)N2CCC[C@@H](C)C2CNc2ccc(C(F)(F)F)cn2)c1. The molecule has 0 aliphatic carbocycles. The Morgan fingerprint density at radius 1 is 1.17 bits per heavy atom. The van der Waals surface area contributed by atoms with E-state index >= 15 is 4.39 Å². The number of nitrogens with zero attached hydrogens (tertiary/aromatic N) is 4. The predicted molar refractivity (Wildman–Crippen MR) is 123 cm³/mol. The fourth-order valence-corrected chi connectivity index (χ4v) is 4.41. The molecule has 1 N–H and O–H groups in total. The predicted octanol–water partition coefficient (Wildman–Crippen LogP) is 5.36. The van der Waals surface area contributed by atoms with Gasteiger partial charge >= 0.3 is 6.18 Å². The van der Waals surface area contributed by atoms with E-state index in [2.05, 4.69) is 20.3 Å². The summed E-state index contributed by atoms with van der Waals surface area (Å²) in [7, 11) is 0. The van der Waals surface area contributed by atoms with E-state index in [9.17, 15) is 18.0 Å². The number of hydrogen-bond donors (Lipinski definition) is 1. The van der Waals surface area contributed by atoms with E-state index in [1.54, 1.807) is 24.0 Å². The van der Waals surface area contributed by atoms with Crippen molar-refractivity contribution in [3.8, 4) is 11.4 Å². The summed E-state index contributed by atoms with van der Waals surface area (Å²) in [6, 6.07) is 6.55.